The van der Waals surface area contributed by atoms with Crippen LogP contribution in [0.3, 0.4) is 0 Å². The molecule has 1 aromatic carbocycles. The Labute approximate surface area is 110 Å². The smallest absolute Gasteiger partial charge is 0.0698 e. The van der Waals surface area contributed by atoms with E-state index in [1.54, 1.807) is 0 Å². The minimum absolute atomic E-state index is 0.482. The number of para-hydroxylation sites is 1. The maximum Gasteiger partial charge on any atom is 0.0698 e. The summed E-state index contributed by atoms with van der Waals surface area (Å²) in [5.74, 6) is 1.45. The van der Waals surface area contributed by atoms with Crippen molar-refractivity contribution in [2.24, 2.45) is 4.99 Å². The highest BCUT2D eigenvalue weighted by Gasteiger charge is 2.12. The SMILES string of the molecule is CC(CCl)=Nc1c(C(C)C)cccc1C(C)C. The third-order valence-corrected chi connectivity index (χ3v) is 3.23. The molecule has 94 valence electrons. The molecule has 0 fully saturated rings. The molecule has 1 rings (SSSR count). The van der Waals surface area contributed by atoms with Gasteiger partial charge in [0, 0.05) is 5.71 Å². The predicted octanol–water partition coefficient (Wildman–Crippen LogP) is 5.26. The minimum atomic E-state index is 0.482. The molecule has 0 N–H and O–H groups in total. The van der Waals surface area contributed by atoms with Crippen molar-refractivity contribution in [2.75, 3.05) is 5.88 Å². The first-order valence-corrected chi connectivity index (χ1v) is 6.73. The molecule has 0 bridgehead atoms. The Morgan fingerprint density at radius 2 is 1.59 bits per heavy atom. The van der Waals surface area contributed by atoms with E-state index >= 15 is 0 Å². The number of aliphatic imine (C=N–C) groups is 1. The molecule has 0 aromatic heterocycles. The molecule has 0 saturated carbocycles. The summed E-state index contributed by atoms with van der Waals surface area (Å²) in [6.07, 6.45) is 0. The summed E-state index contributed by atoms with van der Waals surface area (Å²) in [7, 11) is 0. The lowest BCUT2D eigenvalue weighted by Crippen LogP contribution is -1.98. The van der Waals surface area contributed by atoms with Gasteiger partial charge in [0.05, 0.1) is 11.6 Å². The molecule has 0 spiro atoms. The van der Waals surface area contributed by atoms with Gasteiger partial charge in [-0.3, -0.25) is 4.99 Å². The van der Waals surface area contributed by atoms with Crippen molar-refractivity contribution in [3.8, 4) is 0 Å². The molecular formula is C15H22ClN. The highest BCUT2D eigenvalue weighted by molar-refractivity contribution is 6.28. The highest BCUT2D eigenvalue weighted by Crippen LogP contribution is 2.34. The van der Waals surface area contributed by atoms with Gasteiger partial charge in [-0.25, -0.2) is 0 Å². The first-order valence-electron chi connectivity index (χ1n) is 6.20. The van der Waals surface area contributed by atoms with Gasteiger partial charge in [-0.1, -0.05) is 45.9 Å². The van der Waals surface area contributed by atoms with Crippen LogP contribution in [0.25, 0.3) is 0 Å². The van der Waals surface area contributed by atoms with Gasteiger partial charge in [-0.2, -0.15) is 0 Å². The lowest BCUT2D eigenvalue weighted by atomic mass is 9.93. The molecule has 0 atom stereocenters. The predicted molar refractivity (Wildman–Crippen MR) is 78.1 cm³/mol. The number of rotatable bonds is 4. The quantitative estimate of drug-likeness (QED) is 0.511. The molecule has 1 aromatic rings. The standard InChI is InChI=1S/C15H22ClN/c1-10(2)13-7-6-8-14(11(3)4)15(13)17-12(5)9-16/h6-8,10-11H,9H2,1-5H3. The van der Waals surface area contributed by atoms with Crippen molar-refractivity contribution in [2.45, 2.75) is 46.5 Å². The van der Waals surface area contributed by atoms with Crippen molar-refractivity contribution in [3.63, 3.8) is 0 Å². The van der Waals surface area contributed by atoms with Gasteiger partial charge in [0.15, 0.2) is 0 Å². The Kier molecular flexibility index (Phi) is 5.20. The van der Waals surface area contributed by atoms with Crippen LogP contribution in [0.5, 0.6) is 0 Å². The van der Waals surface area contributed by atoms with Crippen molar-refractivity contribution >= 4 is 23.0 Å². The molecule has 1 nitrogen and oxygen atoms in total. The number of nitrogens with zero attached hydrogens (tertiary/aromatic N) is 1. The van der Waals surface area contributed by atoms with Gasteiger partial charge in [0.25, 0.3) is 0 Å². The molecule has 0 unspecified atom stereocenters. The van der Waals surface area contributed by atoms with E-state index in [1.165, 1.54) is 11.1 Å². The van der Waals surface area contributed by atoms with Gasteiger partial charge in [0.1, 0.15) is 0 Å². The molecule has 0 aliphatic carbocycles. The van der Waals surface area contributed by atoms with Crippen LogP contribution in [0.4, 0.5) is 5.69 Å². The Balaban J connectivity index is 3.39. The largest absolute Gasteiger partial charge is 0.256 e. The van der Waals surface area contributed by atoms with Crippen LogP contribution in [0.2, 0.25) is 0 Å². The number of benzene rings is 1. The minimum Gasteiger partial charge on any atom is -0.256 e. The summed E-state index contributed by atoms with van der Waals surface area (Å²) in [5.41, 5.74) is 4.71. The van der Waals surface area contributed by atoms with Crippen molar-refractivity contribution in [1.29, 1.82) is 0 Å². The van der Waals surface area contributed by atoms with E-state index in [0.29, 0.717) is 17.7 Å². The topological polar surface area (TPSA) is 12.4 Å². The van der Waals surface area contributed by atoms with E-state index in [0.717, 1.165) is 11.4 Å². The summed E-state index contributed by atoms with van der Waals surface area (Å²) in [6.45, 7) is 10.8. The highest BCUT2D eigenvalue weighted by atomic mass is 35.5. The van der Waals surface area contributed by atoms with E-state index in [-0.39, 0.29) is 0 Å². The average Bonchev–Trinajstić information content (AvgIpc) is 2.28. The molecule has 0 amide bonds. The number of hydrogen-bond donors (Lipinski definition) is 0. The van der Waals surface area contributed by atoms with E-state index in [2.05, 4.69) is 45.9 Å². The molecule has 0 aliphatic rings. The van der Waals surface area contributed by atoms with Crippen molar-refractivity contribution < 1.29 is 0 Å². The average molecular weight is 252 g/mol. The second-order valence-electron chi connectivity index (χ2n) is 5.08. The van der Waals surface area contributed by atoms with Gasteiger partial charge in [0.2, 0.25) is 0 Å². The normalized spacial score (nSPS) is 12.6. The zero-order valence-corrected chi connectivity index (χ0v) is 12.2. The number of hydrogen-bond acceptors (Lipinski definition) is 1. The molecule has 0 heterocycles. The molecule has 0 aliphatic heterocycles. The van der Waals surface area contributed by atoms with Crippen molar-refractivity contribution in [1.82, 2.24) is 0 Å². The van der Waals surface area contributed by atoms with Crippen LogP contribution in [0, 0.1) is 0 Å². The Hall–Kier alpha value is -0.820. The third kappa shape index (κ3) is 3.57. The number of alkyl halides is 1. The van der Waals surface area contributed by atoms with Crippen LogP contribution in [0.1, 0.15) is 57.6 Å². The van der Waals surface area contributed by atoms with Gasteiger partial charge in [-0.15, -0.1) is 11.6 Å². The van der Waals surface area contributed by atoms with Crippen LogP contribution >= 0.6 is 11.6 Å². The lowest BCUT2D eigenvalue weighted by molar-refractivity contribution is 0.834. The molecule has 2 heteroatoms. The van der Waals surface area contributed by atoms with E-state index < -0.39 is 0 Å². The number of halogens is 1. The maximum absolute atomic E-state index is 5.83. The van der Waals surface area contributed by atoms with Gasteiger partial charge in [-0.05, 0) is 29.9 Å². The fraction of sp³-hybridized carbons (Fsp3) is 0.533. The molecule has 0 saturated heterocycles. The second-order valence-corrected chi connectivity index (χ2v) is 5.34. The first-order chi connectivity index (χ1) is 7.97. The molecule has 0 radical (unpaired) electrons. The van der Waals surface area contributed by atoms with E-state index in [9.17, 15) is 0 Å². The molecule has 17 heavy (non-hydrogen) atoms. The Morgan fingerprint density at radius 3 is 1.94 bits per heavy atom. The second kappa shape index (κ2) is 6.20. The zero-order chi connectivity index (χ0) is 13.0. The summed E-state index contributed by atoms with van der Waals surface area (Å²) in [6, 6.07) is 6.45. The zero-order valence-electron chi connectivity index (χ0n) is 11.4. The van der Waals surface area contributed by atoms with Gasteiger partial charge >= 0.3 is 0 Å². The Morgan fingerprint density at radius 1 is 1.12 bits per heavy atom. The summed E-state index contributed by atoms with van der Waals surface area (Å²) < 4.78 is 0. The first kappa shape index (κ1) is 14.2. The third-order valence-electron chi connectivity index (χ3n) is 2.84. The van der Waals surface area contributed by atoms with Gasteiger partial charge < -0.3 is 0 Å². The fourth-order valence-electron chi connectivity index (χ4n) is 1.86. The van der Waals surface area contributed by atoms with E-state index in [4.69, 9.17) is 16.6 Å². The van der Waals surface area contributed by atoms with E-state index in [1.807, 2.05) is 6.92 Å². The van der Waals surface area contributed by atoms with Crippen LogP contribution in [-0.4, -0.2) is 11.6 Å². The van der Waals surface area contributed by atoms with Crippen molar-refractivity contribution in [3.05, 3.63) is 29.3 Å². The maximum atomic E-state index is 5.83. The molecular weight excluding hydrogens is 230 g/mol. The van der Waals surface area contributed by atoms with Crippen LogP contribution < -0.4 is 0 Å². The monoisotopic (exact) mass is 251 g/mol. The summed E-state index contributed by atoms with van der Waals surface area (Å²) in [4.78, 5) is 4.70. The summed E-state index contributed by atoms with van der Waals surface area (Å²) >= 11 is 5.83. The Bertz CT molecular complexity index is 379. The fourth-order valence-corrected chi connectivity index (χ4v) is 1.92. The lowest BCUT2D eigenvalue weighted by Gasteiger charge is -2.16. The van der Waals surface area contributed by atoms with Crippen LogP contribution in [-0.2, 0) is 0 Å². The van der Waals surface area contributed by atoms with Crippen LogP contribution in [0.15, 0.2) is 23.2 Å². The summed E-state index contributed by atoms with van der Waals surface area (Å²) in [5, 5.41) is 0.